The first kappa shape index (κ1) is 20.1. The Bertz CT molecular complexity index is 1090. The number of hydrogen-bond donors (Lipinski definition) is 1. The minimum atomic E-state index is -1.10. The van der Waals surface area contributed by atoms with E-state index in [9.17, 15) is 9.59 Å². The molecule has 0 saturated heterocycles. The molecule has 0 bridgehead atoms. The molecule has 152 valence electrons. The molecule has 0 aliphatic carbocycles. The first-order valence-corrected chi connectivity index (χ1v) is 8.65. The maximum atomic E-state index is 12.7. The molecule has 29 heavy (non-hydrogen) atoms. The van der Waals surface area contributed by atoms with Gasteiger partial charge in [0.1, 0.15) is 17.1 Å². The Morgan fingerprint density at radius 1 is 1.00 bits per heavy atom. The molecule has 0 amide bonds. The maximum absolute atomic E-state index is 12.7. The minimum Gasteiger partial charge on any atom is -0.493 e. The molecule has 3 rings (SSSR count). The summed E-state index contributed by atoms with van der Waals surface area (Å²) >= 11 is 0. The molecule has 0 aliphatic heterocycles. The van der Waals surface area contributed by atoms with Crippen molar-refractivity contribution in [1.29, 1.82) is 0 Å². The maximum Gasteiger partial charge on any atom is 0.344 e. The number of methoxy groups -OCH3 is 3. The largest absolute Gasteiger partial charge is 0.493 e. The predicted molar refractivity (Wildman–Crippen MR) is 105 cm³/mol. The fraction of sp³-hybridized carbons (Fsp3) is 0.238. The molecule has 1 heterocycles. The topological polar surface area (TPSA) is 104 Å². The van der Waals surface area contributed by atoms with Crippen LogP contribution >= 0.6 is 0 Å². The summed E-state index contributed by atoms with van der Waals surface area (Å²) in [5.74, 6) is 0.757. The van der Waals surface area contributed by atoms with E-state index in [-0.39, 0.29) is 16.6 Å². The van der Waals surface area contributed by atoms with E-state index in [1.165, 1.54) is 40.4 Å². The monoisotopic (exact) mass is 400 g/mol. The van der Waals surface area contributed by atoms with Crippen LogP contribution in [0.4, 0.5) is 0 Å². The first-order valence-electron chi connectivity index (χ1n) is 8.65. The van der Waals surface area contributed by atoms with Crippen molar-refractivity contribution in [1.82, 2.24) is 0 Å². The number of ether oxygens (including phenoxy) is 4. The van der Waals surface area contributed by atoms with E-state index >= 15 is 0 Å². The zero-order chi connectivity index (χ0) is 21.1. The molecule has 0 fully saturated rings. The normalized spacial score (nSPS) is 11.7. The number of carboxylic acid groups (broad SMARTS) is 1. The van der Waals surface area contributed by atoms with Gasteiger partial charge in [-0.15, -0.1) is 0 Å². The summed E-state index contributed by atoms with van der Waals surface area (Å²) in [5, 5.41) is 9.24. The van der Waals surface area contributed by atoms with E-state index in [0.717, 1.165) is 0 Å². The zero-order valence-corrected chi connectivity index (χ0v) is 16.3. The fourth-order valence-electron chi connectivity index (χ4n) is 2.83. The third kappa shape index (κ3) is 3.96. The van der Waals surface area contributed by atoms with Crippen molar-refractivity contribution < 1.29 is 33.3 Å². The van der Waals surface area contributed by atoms with Gasteiger partial charge in [0, 0.05) is 11.6 Å². The van der Waals surface area contributed by atoms with Gasteiger partial charge in [0.15, 0.2) is 23.0 Å². The van der Waals surface area contributed by atoms with Crippen molar-refractivity contribution in [2.45, 2.75) is 13.0 Å². The number of hydrogen-bond acceptors (Lipinski definition) is 7. The third-order valence-corrected chi connectivity index (χ3v) is 4.31. The summed E-state index contributed by atoms with van der Waals surface area (Å²) in [6.45, 7) is 1.41. The predicted octanol–water partition coefficient (Wildman–Crippen LogP) is 3.34. The average molecular weight is 400 g/mol. The lowest BCUT2D eigenvalue weighted by Gasteiger charge is -2.14. The van der Waals surface area contributed by atoms with Crippen LogP contribution in [0.25, 0.3) is 22.3 Å². The molecular formula is C21H20O8. The van der Waals surface area contributed by atoms with Gasteiger partial charge in [-0.05, 0) is 37.3 Å². The van der Waals surface area contributed by atoms with Crippen LogP contribution in [0, 0.1) is 0 Å². The number of fused-ring (bicyclic) bond motifs is 1. The third-order valence-electron chi connectivity index (χ3n) is 4.31. The summed E-state index contributed by atoms with van der Waals surface area (Å²) in [6.07, 6.45) is -1.04. The summed E-state index contributed by atoms with van der Waals surface area (Å²) in [4.78, 5) is 23.6. The average Bonchev–Trinajstić information content (AvgIpc) is 2.72. The molecule has 1 aromatic heterocycles. The van der Waals surface area contributed by atoms with Crippen molar-refractivity contribution in [3.05, 3.63) is 46.6 Å². The molecule has 2 aromatic carbocycles. The summed E-state index contributed by atoms with van der Waals surface area (Å²) in [5.41, 5.74) is 0.596. The van der Waals surface area contributed by atoms with Gasteiger partial charge < -0.3 is 28.5 Å². The van der Waals surface area contributed by atoms with E-state index in [2.05, 4.69) is 0 Å². The van der Waals surface area contributed by atoms with Crippen molar-refractivity contribution in [2.75, 3.05) is 21.3 Å². The van der Waals surface area contributed by atoms with Crippen LogP contribution in [-0.2, 0) is 4.79 Å². The van der Waals surface area contributed by atoms with Gasteiger partial charge >= 0.3 is 5.97 Å². The smallest absolute Gasteiger partial charge is 0.344 e. The Hall–Kier alpha value is -3.68. The zero-order valence-electron chi connectivity index (χ0n) is 16.3. The van der Waals surface area contributed by atoms with Crippen molar-refractivity contribution >= 4 is 16.9 Å². The van der Waals surface area contributed by atoms with Crippen LogP contribution in [-0.4, -0.2) is 38.5 Å². The quantitative estimate of drug-likeness (QED) is 0.644. The SMILES string of the molecule is COc1cc(-c2cc(=O)c3cc(O[C@@H](C)C(=O)O)ccc3o2)cc(OC)c1OC. The molecular weight excluding hydrogens is 380 g/mol. The van der Waals surface area contributed by atoms with E-state index in [1.807, 2.05) is 0 Å². The van der Waals surface area contributed by atoms with Crippen molar-refractivity contribution in [2.24, 2.45) is 0 Å². The lowest BCUT2D eigenvalue weighted by Crippen LogP contribution is -2.22. The Morgan fingerprint density at radius 2 is 1.66 bits per heavy atom. The molecule has 1 N–H and O–H groups in total. The van der Waals surface area contributed by atoms with Crippen LogP contribution < -0.4 is 24.4 Å². The first-order chi connectivity index (χ1) is 13.9. The lowest BCUT2D eigenvalue weighted by molar-refractivity contribution is -0.144. The van der Waals surface area contributed by atoms with E-state index < -0.39 is 12.1 Å². The van der Waals surface area contributed by atoms with Gasteiger partial charge in [0.2, 0.25) is 5.75 Å². The Morgan fingerprint density at radius 3 is 2.21 bits per heavy atom. The molecule has 8 nitrogen and oxygen atoms in total. The molecule has 0 saturated carbocycles. The van der Waals surface area contributed by atoms with Gasteiger partial charge in [0.25, 0.3) is 0 Å². The Balaban J connectivity index is 2.08. The molecule has 0 unspecified atom stereocenters. The van der Waals surface area contributed by atoms with Crippen LogP contribution in [0.5, 0.6) is 23.0 Å². The number of benzene rings is 2. The van der Waals surface area contributed by atoms with Crippen molar-refractivity contribution in [3.63, 3.8) is 0 Å². The standard InChI is InChI=1S/C21H20O8/c1-11(21(23)24)28-13-5-6-16-14(9-13)15(22)10-17(29-16)12-7-18(25-2)20(27-4)19(8-12)26-3/h5-11H,1-4H3,(H,23,24)/t11-/m0/s1. The molecule has 0 spiro atoms. The Kier molecular flexibility index (Phi) is 5.63. The fourth-order valence-corrected chi connectivity index (χ4v) is 2.83. The summed E-state index contributed by atoms with van der Waals surface area (Å²) in [6, 6.07) is 9.26. The van der Waals surface area contributed by atoms with E-state index in [4.69, 9.17) is 28.5 Å². The Labute approximate surface area is 166 Å². The molecule has 1 atom stereocenters. The van der Waals surface area contributed by atoms with Crippen LogP contribution in [0.1, 0.15) is 6.92 Å². The van der Waals surface area contributed by atoms with Crippen LogP contribution in [0.3, 0.4) is 0 Å². The molecule has 8 heteroatoms. The van der Waals surface area contributed by atoms with Gasteiger partial charge in [0.05, 0.1) is 26.7 Å². The molecule has 0 radical (unpaired) electrons. The summed E-state index contributed by atoms with van der Waals surface area (Å²) in [7, 11) is 4.50. The van der Waals surface area contributed by atoms with Gasteiger partial charge in [-0.2, -0.15) is 0 Å². The van der Waals surface area contributed by atoms with Crippen molar-refractivity contribution in [3.8, 4) is 34.3 Å². The van der Waals surface area contributed by atoms with E-state index in [1.54, 1.807) is 24.3 Å². The van der Waals surface area contributed by atoms with Gasteiger partial charge in [-0.3, -0.25) is 4.79 Å². The van der Waals surface area contributed by atoms with Crippen LogP contribution in [0.2, 0.25) is 0 Å². The highest BCUT2D eigenvalue weighted by molar-refractivity contribution is 5.81. The number of aliphatic carboxylic acids is 1. The van der Waals surface area contributed by atoms with E-state index in [0.29, 0.717) is 34.2 Å². The number of carboxylic acids is 1. The van der Waals surface area contributed by atoms with Crippen LogP contribution in [0.15, 0.2) is 45.6 Å². The molecule has 0 aliphatic rings. The summed E-state index contributed by atoms with van der Waals surface area (Å²) < 4.78 is 27.2. The van der Waals surface area contributed by atoms with Gasteiger partial charge in [-0.25, -0.2) is 4.79 Å². The molecule has 3 aromatic rings. The highest BCUT2D eigenvalue weighted by Gasteiger charge is 2.17. The number of rotatable bonds is 7. The highest BCUT2D eigenvalue weighted by Crippen LogP contribution is 2.41. The number of carbonyl (C=O) groups is 1. The second-order valence-electron chi connectivity index (χ2n) is 6.15. The minimum absolute atomic E-state index is 0.264. The second kappa shape index (κ2) is 8.14. The highest BCUT2D eigenvalue weighted by atomic mass is 16.5. The lowest BCUT2D eigenvalue weighted by atomic mass is 10.1. The second-order valence-corrected chi connectivity index (χ2v) is 6.15. The van der Waals surface area contributed by atoms with Gasteiger partial charge in [-0.1, -0.05) is 0 Å².